The number of ether oxygens (including phenoxy) is 1. The molecule has 0 saturated carbocycles. The molecule has 0 aliphatic carbocycles. The summed E-state index contributed by atoms with van der Waals surface area (Å²) in [5.41, 5.74) is 2.89. The molecule has 0 aliphatic heterocycles. The third-order valence-corrected chi connectivity index (χ3v) is 8.96. The van der Waals surface area contributed by atoms with Crippen molar-refractivity contribution in [1.82, 2.24) is 8.87 Å². The van der Waals surface area contributed by atoms with Crippen molar-refractivity contribution in [3.63, 3.8) is 0 Å². The molecule has 0 atom stereocenters. The largest absolute Gasteiger partial charge is 0.465 e. The number of aryl methyl sites for hydroxylation is 1. The molecular weight excluding hydrogens is 522 g/mol. The lowest BCUT2D eigenvalue weighted by atomic mass is 10.2. The number of fused-ring (bicyclic) bond motifs is 1. The summed E-state index contributed by atoms with van der Waals surface area (Å²) in [4.78, 5) is 30.1. The van der Waals surface area contributed by atoms with Crippen molar-refractivity contribution >= 4 is 43.5 Å². The Bertz CT molecular complexity index is 1620. The highest BCUT2D eigenvalue weighted by atomic mass is 32.2. The van der Waals surface area contributed by atoms with Crippen LogP contribution in [0.4, 0.5) is 0 Å². The normalized spacial score (nSPS) is 12.3. The summed E-state index contributed by atoms with van der Waals surface area (Å²) >= 11 is 1.30. The Balaban J connectivity index is 1.64. The summed E-state index contributed by atoms with van der Waals surface area (Å²) in [5, 5.41) is 0. The number of thiazole rings is 1. The maximum absolute atomic E-state index is 13.2. The van der Waals surface area contributed by atoms with Crippen LogP contribution in [0.1, 0.15) is 35.3 Å². The zero-order valence-electron chi connectivity index (χ0n) is 21.5. The molecule has 1 aromatic heterocycles. The first-order chi connectivity index (χ1) is 18.2. The Morgan fingerprint density at radius 3 is 2.34 bits per heavy atom. The van der Waals surface area contributed by atoms with Gasteiger partial charge in [0.2, 0.25) is 10.0 Å². The zero-order chi connectivity index (χ0) is 27.3. The fraction of sp³-hybridized carbons (Fsp3) is 0.250. The van der Waals surface area contributed by atoms with Gasteiger partial charge in [-0.25, -0.2) is 8.42 Å². The van der Waals surface area contributed by atoms with Gasteiger partial charge in [-0.3, -0.25) is 9.59 Å². The van der Waals surface area contributed by atoms with E-state index in [9.17, 15) is 18.0 Å². The van der Waals surface area contributed by atoms with Gasteiger partial charge in [-0.1, -0.05) is 60.7 Å². The number of benzene rings is 3. The van der Waals surface area contributed by atoms with Crippen LogP contribution in [0.15, 0.2) is 82.7 Å². The molecule has 0 saturated heterocycles. The quantitative estimate of drug-likeness (QED) is 0.285. The minimum Gasteiger partial charge on any atom is -0.465 e. The van der Waals surface area contributed by atoms with Gasteiger partial charge in [0.15, 0.2) is 4.80 Å². The van der Waals surface area contributed by atoms with Gasteiger partial charge in [0.25, 0.3) is 5.91 Å². The fourth-order valence-corrected chi connectivity index (χ4v) is 6.64. The Morgan fingerprint density at radius 1 is 0.974 bits per heavy atom. The minimum absolute atomic E-state index is 0.0732. The number of para-hydroxylation sites is 1. The first-order valence-corrected chi connectivity index (χ1v) is 14.5. The van der Waals surface area contributed by atoms with E-state index in [1.165, 1.54) is 39.9 Å². The smallest absolute Gasteiger partial charge is 0.326 e. The van der Waals surface area contributed by atoms with Gasteiger partial charge in [-0.05, 0) is 55.3 Å². The number of aromatic nitrogens is 1. The van der Waals surface area contributed by atoms with E-state index >= 15 is 0 Å². The standard InChI is InChI=1S/C28H29N3O5S2/c1-4-30(18-21-11-7-6-8-12-21)38(34,35)23-16-14-22(15-17-23)27(33)29-28-31(19-25(32)36-5-2)26-20(3)10-9-13-24(26)37-28/h6-17H,4-5,18-19H2,1-3H3. The van der Waals surface area contributed by atoms with Crippen molar-refractivity contribution in [2.75, 3.05) is 13.2 Å². The van der Waals surface area contributed by atoms with Crippen molar-refractivity contribution < 1.29 is 22.7 Å². The molecule has 4 aromatic rings. The Labute approximate surface area is 225 Å². The van der Waals surface area contributed by atoms with Gasteiger partial charge in [0.1, 0.15) is 6.54 Å². The highest BCUT2D eigenvalue weighted by Crippen LogP contribution is 2.22. The second kappa shape index (κ2) is 11.8. The summed E-state index contributed by atoms with van der Waals surface area (Å²) in [6.45, 7) is 6.19. The molecule has 8 nitrogen and oxygen atoms in total. The number of sulfonamides is 1. The number of hydrogen-bond donors (Lipinski definition) is 0. The second-order valence-electron chi connectivity index (χ2n) is 8.56. The predicted octanol–water partition coefficient (Wildman–Crippen LogP) is 4.53. The van der Waals surface area contributed by atoms with Crippen molar-refractivity contribution in [3.8, 4) is 0 Å². The summed E-state index contributed by atoms with van der Waals surface area (Å²) in [6.07, 6.45) is 0. The van der Waals surface area contributed by atoms with E-state index in [1.54, 1.807) is 18.4 Å². The van der Waals surface area contributed by atoms with E-state index in [-0.39, 0.29) is 30.2 Å². The summed E-state index contributed by atoms with van der Waals surface area (Å²) in [5.74, 6) is -0.956. The number of rotatable bonds is 9. The maximum Gasteiger partial charge on any atom is 0.326 e. The molecule has 0 N–H and O–H groups in total. The molecule has 4 rings (SSSR count). The zero-order valence-corrected chi connectivity index (χ0v) is 23.1. The lowest BCUT2D eigenvalue weighted by molar-refractivity contribution is -0.143. The number of carbonyl (C=O) groups is 2. The number of carbonyl (C=O) groups excluding carboxylic acids is 2. The highest BCUT2D eigenvalue weighted by molar-refractivity contribution is 7.89. The van der Waals surface area contributed by atoms with Gasteiger partial charge in [0.05, 0.1) is 21.7 Å². The van der Waals surface area contributed by atoms with Gasteiger partial charge < -0.3 is 9.30 Å². The second-order valence-corrected chi connectivity index (χ2v) is 11.5. The van der Waals surface area contributed by atoms with Crippen molar-refractivity contribution in [2.45, 2.75) is 38.8 Å². The summed E-state index contributed by atoms with van der Waals surface area (Å²) < 4.78 is 35.6. The van der Waals surface area contributed by atoms with Crippen molar-refractivity contribution in [1.29, 1.82) is 0 Å². The number of esters is 1. The molecule has 38 heavy (non-hydrogen) atoms. The lowest BCUT2D eigenvalue weighted by Crippen LogP contribution is -2.30. The van der Waals surface area contributed by atoms with Gasteiger partial charge in [-0.15, -0.1) is 0 Å². The Kier molecular flexibility index (Phi) is 8.55. The van der Waals surface area contributed by atoms with Gasteiger partial charge in [-0.2, -0.15) is 9.30 Å². The molecule has 3 aromatic carbocycles. The van der Waals surface area contributed by atoms with E-state index in [0.717, 1.165) is 21.3 Å². The van der Waals surface area contributed by atoms with E-state index in [0.29, 0.717) is 11.3 Å². The molecule has 198 valence electrons. The molecule has 0 aliphatic rings. The average Bonchev–Trinajstić information content (AvgIpc) is 3.25. The van der Waals surface area contributed by atoms with Crippen LogP contribution in [0.2, 0.25) is 0 Å². The first-order valence-electron chi connectivity index (χ1n) is 12.2. The average molecular weight is 552 g/mol. The molecule has 0 bridgehead atoms. The molecule has 0 radical (unpaired) electrons. The molecule has 0 unspecified atom stereocenters. The van der Waals surface area contributed by atoms with Crippen LogP contribution in [-0.4, -0.2) is 42.3 Å². The molecule has 10 heteroatoms. The van der Waals surface area contributed by atoms with Crippen LogP contribution < -0.4 is 4.80 Å². The van der Waals surface area contributed by atoms with Crippen LogP contribution in [0, 0.1) is 6.92 Å². The van der Waals surface area contributed by atoms with E-state index in [4.69, 9.17) is 4.74 Å². The molecular formula is C28H29N3O5S2. The summed E-state index contributed by atoms with van der Waals surface area (Å²) in [7, 11) is -3.76. The highest BCUT2D eigenvalue weighted by Gasteiger charge is 2.23. The molecule has 1 heterocycles. The van der Waals surface area contributed by atoms with Gasteiger partial charge in [0, 0.05) is 18.7 Å². The SMILES string of the molecule is CCOC(=O)Cn1c(=NC(=O)c2ccc(S(=O)(=O)N(CC)Cc3ccccc3)cc2)sc2cccc(C)c21. The fourth-order valence-electron chi connectivity index (χ4n) is 4.10. The molecule has 1 amide bonds. The third-order valence-electron chi connectivity index (χ3n) is 5.99. The van der Waals surface area contributed by atoms with Crippen LogP contribution in [-0.2, 0) is 32.6 Å². The van der Waals surface area contributed by atoms with Gasteiger partial charge >= 0.3 is 5.97 Å². The van der Waals surface area contributed by atoms with Crippen LogP contribution in [0.5, 0.6) is 0 Å². The third kappa shape index (κ3) is 5.93. The minimum atomic E-state index is -3.76. The summed E-state index contributed by atoms with van der Waals surface area (Å²) in [6, 6.07) is 20.9. The van der Waals surface area contributed by atoms with Crippen LogP contribution in [0.3, 0.4) is 0 Å². The number of nitrogens with zero attached hydrogens (tertiary/aromatic N) is 3. The molecule has 0 spiro atoms. The maximum atomic E-state index is 13.2. The monoisotopic (exact) mass is 551 g/mol. The number of hydrogen-bond acceptors (Lipinski definition) is 6. The molecule has 0 fully saturated rings. The van der Waals surface area contributed by atoms with Crippen molar-refractivity contribution in [2.24, 2.45) is 4.99 Å². The van der Waals surface area contributed by atoms with E-state index in [1.807, 2.05) is 55.5 Å². The Hall–Kier alpha value is -3.60. The first kappa shape index (κ1) is 27.4. The van der Waals surface area contributed by atoms with Crippen molar-refractivity contribution in [3.05, 3.63) is 94.3 Å². The predicted molar refractivity (Wildman–Crippen MR) is 147 cm³/mol. The van der Waals surface area contributed by atoms with Crippen LogP contribution in [0.25, 0.3) is 10.2 Å². The topological polar surface area (TPSA) is 98.0 Å². The number of amides is 1. The Morgan fingerprint density at radius 2 is 1.68 bits per heavy atom. The van der Waals surface area contributed by atoms with Crippen LogP contribution >= 0.6 is 11.3 Å². The lowest BCUT2D eigenvalue weighted by Gasteiger charge is -2.20. The van der Waals surface area contributed by atoms with E-state index in [2.05, 4.69) is 4.99 Å². The van der Waals surface area contributed by atoms with E-state index < -0.39 is 21.9 Å².